The van der Waals surface area contributed by atoms with E-state index in [2.05, 4.69) is 54.7 Å². The first kappa shape index (κ1) is 13.7. The summed E-state index contributed by atoms with van der Waals surface area (Å²) in [5, 5.41) is 10.4. The van der Waals surface area contributed by atoms with Gasteiger partial charge in [-0.3, -0.25) is 4.98 Å². The molecule has 106 valence electrons. The molecule has 0 radical (unpaired) electrons. The Balaban J connectivity index is 2.05. The number of rotatable bonds is 2. The number of pyridine rings is 1. The summed E-state index contributed by atoms with van der Waals surface area (Å²) in [6.45, 7) is 0. The van der Waals surface area contributed by atoms with Crippen molar-refractivity contribution in [3.8, 4) is 17.1 Å². The van der Waals surface area contributed by atoms with Crippen molar-refractivity contribution in [3.05, 3.63) is 37.7 Å². The van der Waals surface area contributed by atoms with E-state index in [-0.39, 0.29) is 0 Å². The van der Waals surface area contributed by atoms with Gasteiger partial charge in [0.25, 0.3) is 0 Å². The number of benzene rings is 1. The van der Waals surface area contributed by atoms with Crippen LogP contribution < -0.4 is 0 Å². The van der Waals surface area contributed by atoms with Crippen LogP contribution in [0.25, 0.3) is 22.4 Å². The van der Waals surface area contributed by atoms with Gasteiger partial charge in [-0.05, 0) is 76.2 Å². The fraction of sp³-hybridized carbons (Fsp3) is 0.200. The standard InChI is InChI=1S/C15H11I2N3O/c16-8-5-10(14(21)11(17)6-8)15-19-12-7-18-4-3-13(12)20(15)9-1-2-9/h3-7,9,21H,1-2H2. The molecule has 0 spiro atoms. The zero-order chi connectivity index (χ0) is 14.6. The third-order valence-corrected chi connectivity index (χ3v) is 5.12. The number of fused-ring (bicyclic) bond motifs is 1. The van der Waals surface area contributed by atoms with Gasteiger partial charge in [-0.15, -0.1) is 0 Å². The Morgan fingerprint density at radius 3 is 2.81 bits per heavy atom. The number of aromatic hydroxyl groups is 1. The Bertz CT molecular complexity index is 855. The van der Waals surface area contributed by atoms with E-state index in [1.165, 1.54) is 12.8 Å². The van der Waals surface area contributed by atoms with E-state index >= 15 is 0 Å². The van der Waals surface area contributed by atoms with Crippen molar-refractivity contribution in [1.82, 2.24) is 14.5 Å². The summed E-state index contributed by atoms with van der Waals surface area (Å²) in [5.41, 5.74) is 2.78. The second kappa shape index (κ2) is 5.08. The van der Waals surface area contributed by atoms with Gasteiger partial charge in [0.2, 0.25) is 0 Å². The number of imidazole rings is 1. The Morgan fingerprint density at radius 2 is 2.05 bits per heavy atom. The van der Waals surface area contributed by atoms with Crippen LogP contribution in [-0.4, -0.2) is 19.6 Å². The Labute approximate surface area is 148 Å². The SMILES string of the molecule is Oc1c(I)cc(I)cc1-c1nc2cnccc2n1C1CC1. The maximum Gasteiger partial charge on any atom is 0.145 e. The molecule has 1 aliphatic rings. The molecule has 21 heavy (non-hydrogen) atoms. The minimum atomic E-state index is 0.307. The van der Waals surface area contributed by atoms with Crippen LogP contribution >= 0.6 is 45.2 Å². The highest BCUT2D eigenvalue weighted by Gasteiger charge is 2.29. The average molecular weight is 503 g/mol. The molecule has 0 saturated heterocycles. The van der Waals surface area contributed by atoms with Crippen LogP contribution in [0, 0.1) is 7.14 Å². The summed E-state index contributed by atoms with van der Waals surface area (Å²) in [5.74, 6) is 1.15. The van der Waals surface area contributed by atoms with E-state index in [1.54, 1.807) is 12.4 Å². The number of halogens is 2. The van der Waals surface area contributed by atoms with Crippen molar-refractivity contribution in [3.63, 3.8) is 0 Å². The lowest BCUT2D eigenvalue weighted by Crippen LogP contribution is -1.98. The maximum absolute atomic E-state index is 10.4. The minimum absolute atomic E-state index is 0.307. The smallest absolute Gasteiger partial charge is 0.145 e. The van der Waals surface area contributed by atoms with Crippen molar-refractivity contribution in [1.29, 1.82) is 0 Å². The molecular formula is C15H11I2N3O. The van der Waals surface area contributed by atoms with Crippen LogP contribution in [0.4, 0.5) is 0 Å². The van der Waals surface area contributed by atoms with Gasteiger partial charge in [0.05, 0.1) is 20.8 Å². The van der Waals surface area contributed by atoms with Crippen LogP contribution in [0.5, 0.6) is 5.75 Å². The van der Waals surface area contributed by atoms with E-state index < -0.39 is 0 Å². The van der Waals surface area contributed by atoms with Crippen LogP contribution in [-0.2, 0) is 0 Å². The fourth-order valence-electron chi connectivity index (χ4n) is 2.58. The van der Waals surface area contributed by atoms with Crippen molar-refractivity contribution in [2.45, 2.75) is 18.9 Å². The normalized spacial score (nSPS) is 14.8. The summed E-state index contributed by atoms with van der Waals surface area (Å²) < 4.78 is 4.19. The Morgan fingerprint density at radius 1 is 1.24 bits per heavy atom. The molecule has 1 N–H and O–H groups in total. The molecule has 1 aromatic carbocycles. The third kappa shape index (κ3) is 2.32. The highest BCUT2D eigenvalue weighted by molar-refractivity contribution is 14.1. The first-order valence-corrected chi connectivity index (χ1v) is 8.81. The van der Waals surface area contributed by atoms with Crippen molar-refractivity contribution < 1.29 is 5.11 Å². The predicted octanol–water partition coefficient (Wildman–Crippen LogP) is 4.35. The second-order valence-electron chi connectivity index (χ2n) is 5.18. The van der Waals surface area contributed by atoms with Crippen LogP contribution in [0.15, 0.2) is 30.6 Å². The first-order valence-electron chi connectivity index (χ1n) is 6.65. The summed E-state index contributed by atoms with van der Waals surface area (Å²) in [7, 11) is 0. The topological polar surface area (TPSA) is 50.9 Å². The molecule has 6 heteroatoms. The van der Waals surface area contributed by atoms with E-state index in [0.29, 0.717) is 11.8 Å². The van der Waals surface area contributed by atoms with E-state index in [1.807, 2.05) is 18.2 Å². The second-order valence-corrected chi connectivity index (χ2v) is 7.59. The van der Waals surface area contributed by atoms with Crippen molar-refractivity contribution in [2.24, 2.45) is 0 Å². The molecule has 4 rings (SSSR count). The minimum Gasteiger partial charge on any atom is -0.506 e. The quantitative estimate of drug-likeness (QED) is 0.530. The maximum atomic E-state index is 10.4. The first-order chi connectivity index (χ1) is 10.1. The van der Waals surface area contributed by atoms with Crippen molar-refractivity contribution in [2.75, 3.05) is 0 Å². The van der Waals surface area contributed by atoms with Crippen LogP contribution in [0.3, 0.4) is 0 Å². The number of hydrogen-bond donors (Lipinski definition) is 1. The number of aromatic nitrogens is 3. The van der Waals surface area contributed by atoms with Crippen LogP contribution in [0.1, 0.15) is 18.9 Å². The number of nitrogens with zero attached hydrogens (tertiary/aromatic N) is 3. The molecule has 2 aromatic heterocycles. The zero-order valence-corrected chi connectivity index (χ0v) is 15.2. The molecule has 0 unspecified atom stereocenters. The van der Waals surface area contributed by atoms with Gasteiger partial charge in [-0.1, -0.05) is 0 Å². The predicted molar refractivity (Wildman–Crippen MR) is 98.3 cm³/mol. The fourth-order valence-corrected chi connectivity index (χ4v) is 4.42. The molecule has 0 bridgehead atoms. The van der Waals surface area contributed by atoms with Gasteiger partial charge in [-0.2, -0.15) is 0 Å². The molecule has 0 aliphatic heterocycles. The summed E-state index contributed by atoms with van der Waals surface area (Å²) in [6, 6.07) is 6.44. The summed E-state index contributed by atoms with van der Waals surface area (Å²) in [4.78, 5) is 8.88. The summed E-state index contributed by atoms with van der Waals surface area (Å²) >= 11 is 4.43. The van der Waals surface area contributed by atoms with Gasteiger partial charge in [-0.25, -0.2) is 4.98 Å². The lowest BCUT2D eigenvalue weighted by Gasteiger charge is -2.10. The third-order valence-electron chi connectivity index (χ3n) is 3.67. The van der Waals surface area contributed by atoms with Gasteiger partial charge in [0.1, 0.15) is 17.1 Å². The average Bonchev–Trinajstić information content (AvgIpc) is 3.23. The van der Waals surface area contributed by atoms with Gasteiger partial charge in [0, 0.05) is 15.8 Å². The molecule has 4 nitrogen and oxygen atoms in total. The Hall–Kier alpha value is -0.900. The molecule has 3 aromatic rings. The number of phenolic OH excluding ortho intramolecular Hbond substituents is 1. The highest BCUT2D eigenvalue weighted by atomic mass is 127. The highest BCUT2D eigenvalue weighted by Crippen LogP contribution is 2.43. The number of hydrogen-bond acceptors (Lipinski definition) is 3. The number of phenols is 1. The molecule has 2 heterocycles. The van der Waals surface area contributed by atoms with Gasteiger partial charge in [0.15, 0.2) is 0 Å². The van der Waals surface area contributed by atoms with Crippen molar-refractivity contribution >= 4 is 56.2 Å². The molecule has 1 saturated carbocycles. The summed E-state index contributed by atoms with van der Waals surface area (Å²) in [6.07, 6.45) is 5.92. The molecular weight excluding hydrogens is 492 g/mol. The lowest BCUT2D eigenvalue weighted by atomic mass is 10.2. The molecule has 0 atom stereocenters. The van der Waals surface area contributed by atoms with Gasteiger partial charge < -0.3 is 9.67 Å². The largest absolute Gasteiger partial charge is 0.506 e. The molecule has 1 aliphatic carbocycles. The molecule has 1 fully saturated rings. The van der Waals surface area contributed by atoms with E-state index in [0.717, 1.165) is 29.6 Å². The van der Waals surface area contributed by atoms with E-state index in [4.69, 9.17) is 4.98 Å². The lowest BCUT2D eigenvalue weighted by molar-refractivity contribution is 0.472. The van der Waals surface area contributed by atoms with E-state index in [9.17, 15) is 5.11 Å². The Kier molecular flexibility index (Phi) is 3.32. The molecule has 0 amide bonds. The monoisotopic (exact) mass is 503 g/mol. The zero-order valence-electron chi connectivity index (χ0n) is 10.9. The van der Waals surface area contributed by atoms with Crippen LogP contribution in [0.2, 0.25) is 0 Å². The van der Waals surface area contributed by atoms with Gasteiger partial charge >= 0.3 is 0 Å².